The highest BCUT2D eigenvalue weighted by molar-refractivity contribution is 5.98. The smallest absolute Gasteiger partial charge is 0.256 e. The highest BCUT2D eigenvalue weighted by Crippen LogP contribution is 2.34. The molecule has 8 nitrogen and oxygen atoms in total. The van der Waals surface area contributed by atoms with E-state index in [9.17, 15) is 9.59 Å². The van der Waals surface area contributed by atoms with E-state index in [2.05, 4.69) is 43.6 Å². The molecule has 0 spiro atoms. The fourth-order valence-corrected chi connectivity index (χ4v) is 6.43. The molecular formula is C33H36F2N6O2. The molecule has 43 heavy (non-hydrogen) atoms. The normalized spacial score (nSPS) is 18.0. The van der Waals surface area contributed by atoms with E-state index in [1.165, 1.54) is 12.1 Å². The first-order valence-electron chi connectivity index (χ1n) is 14.7. The van der Waals surface area contributed by atoms with Crippen LogP contribution in [0.5, 0.6) is 0 Å². The van der Waals surface area contributed by atoms with Gasteiger partial charge in [-0.05, 0) is 96.2 Å². The Bertz CT molecular complexity index is 1780. The van der Waals surface area contributed by atoms with Gasteiger partial charge in [-0.1, -0.05) is 12.1 Å². The number of nitrogens with zero attached hydrogens (tertiary/aromatic N) is 3. The maximum atomic E-state index is 15.1. The number of carbonyl (C=O) groups excluding carboxylic acids is 1. The number of carbonyl (C=O) groups is 1. The molecule has 0 bridgehead atoms. The predicted octanol–water partition coefficient (Wildman–Crippen LogP) is 5.65. The summed E-state index contributed by atoms with van der Waals surface area (Å²) in [5, 5.41) is 10.6. The number of hydrogen-bond acceptors (Lipinski definition) is 6. The SMILES string of the molecule is Cc1ccc(C(=O)NC2CC2)cc1-c1nc(NC2CC(C)(C)NC(C)(C)C2)nc2c1ccc(=O)n2-c1c(F)cccc1F. The van der Waals surface area contributed by atoms with Crippen LogP contribution in [0, 0.1) is 18.6 Å². The van der Waals surface area contributed by atoms with Crippen LogP contribution in [-0.4, -0.2) is 43.6 Å². The Labute approximate surface area is 248 Å². The van der Waals surface area contributed by atoms with Gasteiger partial charge in [-0.2, -0.15) is 4.98 Å². The van der Waals surface area contributed by atoms with Gasteiger partial charge in [0.2, 0.25) is 5.95 Å². The number of aromatic nitrogens is 3. The summed E-state index contributed by atoms with van der Waals surface area (Å²) in [6.45, 7) is 10.4. The van der Waals surface area contributed by atoms with E-state index < -0.39 is 22.9 Å². The number of pyridine rings is 1. The Morgan fingerprint density at radius 3 is 2.28 bits per heavy atom. The summed E-state index contributed by atoms with van der Waals surface area (Å²) >= 11 is 0. The molecule has 0 unspecified atom stereocenters. The molecule has 0 atom stereocenters. The lowest BCUT2D eigenvalue weighted by molar-refractivity contribution is 0.0951. The van der Waals surface area contributed by atoms with Crippen molar-refractivity contribution in [2.45, 2.75) is 83.5 Å². The fraction of sp³-hybridized carbons (Fsp3) is 0.394. The van der Waals surface area contributed by atoms with Crippen molar-refractivity contribution in [3.8, 4) is 16.9 Å². The summed E-state index contributed by atoms with van der Waals surface area (Å²) in [5.74, 6) is -1.73. The van der Waals surface area contributed by atoms with Crippen LogP contribution in [0.2, 0.25) is 0 Å². The zero-order valence-corrected chi connectivity index (χ0v) is 25.0. The maximum Gasteiger partial charge on any atom is 0.256 e. The number of hydrogen-bond donors (Lipinski definition) is 3. The summed E-state index contributed by atoms with van der Waals surface area (Å²) in [4.78, 5) is 35.9. The Hall–Kier alpha value is -4.18. The van der Waals surface area contributed by atoms with Crippen molar-refractivity contribution in [3.63, 3.8) is 0 Å². The average Bonchev–Trinajstić information content (AvgIpc) is 3.72. The summed E-state index contributed by atoms with van der Waals surface area (Å²) in [7, 11) is 0. The molecule has 3 heterocycles. The molecule has 3 N–H and O–H groups in total. The van der Waals surface area contributed by atoms with Crippen LogP contribution < -0.4 is 21.5 Å². The molecule has 2 aliphatic rings. The molecule has 224 valence electrons. The van der Waals surface area contributed by atoms with E-state index in [4.69, 9.17) is 9.97 Å². The minimum absolute atomic E-state index is 0.0256. The Morgan fingerprint density at radius 1 is 0.953 bits per heavy atom. The number of piperidine rings is 1. The molecule has 0 radical (unpaired) electrons. The van der Waals surface area contributed by atoms with Gasteiger partial charge in [0, 0.05) is 45.7 Å². The van der Waals surface area contributed by atoms with Crippen molar-refractivity contribution < 1.29 is 13.6 Å². The van der Waals surface area contributed by atoms with Crippen LogP contribution in [0.1, 0.15) is 69.3 Å². The van der Waals surface area contributed by atoms with Crippen LogP contribution in [0.4, 0.5) is 14.7 Å². The second-order valence-electron chi connectivity index (χ2n) is 13.1. The number of anilines is 1. The van der Waals surface area contributed by atoms with Crippen molar-refractivity contribution >= 4 is 22.9 Å². The number of benzene rings is 2. The predicted molar refractivity (Wildman–Crippen MR) is 164 cm³/mol. The van der Waals surface area contributed by atoms with Gasteiger partial charge in [-0.15, -0.1) is 0 Å². The highest BCUT2D eigenvalue weighted by atomic mass is 19.1. The lowest BCUT2D eigenvalue weighted by Crippen LogP contribution is -2.60. The van der Waals surface area contributed by atoms with Crippen LogP contribution in [0.15, 0.2) is 53.3 Å². The third-order valence-corrected chi connectivity index (χ3v) is 8.10. The lowest BCUT2D eigenvalue weighted by Gasteiger charge is -2.46. The van der Waals surface area contributed by atoms with E-state index >= 15 is 8.78 Å². The third-order valence-electron chi connectivity index (χ3n) is 8.10. The average molecular weight is 587 g/mol. The molecule has 1 saturated heterocycles. The largest absolute Gasteiger partial charge is 0.351 e. The Kier molecular flexibility index (Phi) is 7.07. The molecular weight excluding hydrogens is 550 g/mol. The van der Waals surface area contributed by atoms with Gasteiger partial charge in [0.25, 0.3) is 11.5 Å². The van der Waals surface area contributed by atoms with Gasteiger partial charge in [-0.25, -0.2) is 13.8 Å². The number of aryl methyl sites for hydroxylation is 1. The zero-order chi connectivity index (χ0) is 30.7. The summed E-state index contributed by atoms with van der Waals surface area (Å²) in [6.07, 6.45) is 3.47. The van der Waals surface area contributed by atoms with E-state index in [1.807, 2.05) is 13.0 Å². The highest BCUT2D eigenvalue weighted by Gasteiger charge is 2.38. The monoisotopic (exact) mass is 586 g/mol. The molecule has 1 aliphatic heterocycles. The summed E-state index contributed by atoms with van der Waals surface area (Å²) in [6, 6.07) is 11.8. The number of halogens is 2. The van der Waals surface area contributed by atoms with Crippen LogP contribution in [-0.2, 0) is 0 Å². The molecule has 6 rings (SSSR count). The molecule has 1 saturated carbocycles. The molecule has 10 heteroatoms. The van der Waals surface area contributed by atoms with E-state index in [1.54, 1.807) is 18.2 Å². The minimum Gasteiger partial charge on any atom is -0.351 e. The van der Waals surface area contributed by atoms with Crippen molar-refractivity contribution in [2.75, 3.05) is 5.32 Å². The van der Waals surface area contributed by atoms with E-state index in [0.29, 0.717) is 22.2 Å². The first-order chi connectivity index (χ1) is 20.3. The van der Waals surface area contributed by atoms with Crippen molar-refractivity contribution in [2.24, 2.45) is 0 Å². The lowest BCUT2D eigenvalue weighted by atomic mass is 9.80. The standard InChI is InChI=1S/C33H36F2N6O2/c1-18-9-10-19(30(43)36-20-11-12-20)15-23(18)27-22-13-14-26(42)41(28-24(34)7-6-8-25(28)35)29(22)39-31(38-27)37-21-16-32(2,3)40-33(4,5)17-21/h6-10,13-15,20-21,40H,11-12,16-17H2,1-5H3,(H,36,43)(H,37,38,39). The summed E-state index contributed by atoms with van der Waals surface area (Å²) < 4.78 is 31.2. The van der Waals surface area contributed by atoms with Gasteiger partial charge in [0.05, 0.1) is 5.69 Å². The number of amides is 1. The first kappa shape index (κ1) is 28.9. The van der Waals surface area contributed by atoms with Gasteiger partial charge in [0.1, 0.15) is 17.3 Å². The molecule has 1 aliphatic carbocycles. The molecule has 2 aromatic carbocycles. The number of nitrogens with one attached hydrogen (secondary N) is 3. The second kappa shape index (κ2) is 10.5. The molecule has 4 aromatic rings. The van der Waals surface area contributed by atoms with Gasteiger partial charge < -0.3 is 16.0 Å². The zero-order valence-electron chi connectivity index (χ0n) is 25.0. The third kappa shape index (κ3) is 5.88. The van der Waals surface area contributed by atoms with Crippen molar-refractivity contribution in [1.29, 1.82) is 0 Å². The van der Waals surface area contributed by atoms with Crippen LogP contribution >= 0.6 is 0 Å². The van der Waals surface area contributed by atoms with Gasteiger partial charge >= 0.3 is 0 Å². The molecule has 2 aromatic heterocycles. The van der Waals surface area contributed by atoms with Crippen LogP contribution in [0.3, 0.4) is 0 Å². The Morgan fingerprint density at radius 2 is 1.63 bits per heavy atom. The maximum absolute atomic E-state index is 15.1. The van der Waals surface area contributed by atoms with E-state index in [0.717, 1.165) is 47.9 Å². The van der Waals surface area contributed by atoms with Crippen LogP contribution in [0.25, 0.3) is 28.0 Å². The van der Waals surface area contributed by atoms with Crippen molar-refractivity contribution in [1.82, 2.24) is 25.2 Å². The topological polar surface area (TPSA) is 101 Å². The molecule has 2 fully saturated rings. The fourth-order valence-electron chi connectivity index (χ4n) is 6.43. The molecule has 1 amide bonds. The van der Waals surface area contributed by atoms with Gasteiger partial charge in [-0.3, -0.25) is 14.2 Å². The minimum atomic E-state index is -0.888. The quantitative estimate of drug-likeness (QED) is 0.270. The number of fused-ring (bicyclic) bond motifs is 1. The van der Waals surface area contributed by atoms with Gasteiger partial charge in [0.15, 0.2) is 5.65 Å². The first-order valence-corrected chi connectivity index (χ1v) is 14.7. The second-order valence-corrected chi connectivity index (χ2v) is 13.1. The van der Waals surface area contributed by atoms with Crippen molar-refractivity contribution in [3.05, 3.63) is 81.6 Å². The summed E-state index contributed by atoms with van der Waals surface area (Å²) in [5.41, 5.74) is 1.00. The van der Waals surface area contributed by atoms with E-state index in [-0.39, 0.29) is 40.7 Å². The number of para-hydroxylation sites is 1. The Balaban J connectivity index is 1.57. The number of rotatable bonds is 6.